The Morgan fingerprint density at radius 2 is 2.07 bits per heavy atom. The molecule has 0 radical (unpaired) electrons. The second kappa shape index (κ2) is 5.34. The Labute approximate surface area is 89.9 Å². The molecule has 0 N–H and O–H groups in total. The predicted molar refractivity (Wildman–Crippen MR) is 58.0 cm³/mol. The molecule has 0 fully saturated rings. The fourth-order valence-electron chi connectivity index (χ4n) is 1.30. The van der Waals surface area contributed by atoms with Gasteiger partial charge in [-0.2, -0.15) is 0 Å². The van der Waals surface area contributed by atoms with Crippen molar-refractivity contribution in [2.24, 2.45) is 0 Å². The van der Waals surface area contributed by atoms with Crippen LogP contribution in [-0.2, 0) is 0 Å². The Morgan fingerprint density at radius 1 is 1.40 bits per heavy atom. The van der Waals surface area contributed by atoms with E-state index in [-0.39, 0.29) is 5.91 Å². The summed E-state index contributed by atoms with van der Waals surface area (Å²) in [6.07, 6.45) is 1.55. The van der Waals surface area contributed by atoms with Gasteiger partial charge in [-0.25, -0.2) is 4.98 Å². The normalized spacial score (nSPS) is 9.80. The van der Waals surface area contributed by atoms with Gasteiger partial charge in [0.25, 0.3) is 5.91 Å². The van der Waals surface area contributed by atoms with Crippen LogP contribution < -0.4 is 4.74 Å². The van der Waals surface area contributed by atoms with Crippen LogP contribution >= 0.6 is 0 Å². The van der Waals surface area contributed by atoms with Gasteiger partial charge in [0.15, 0.2) is 0 Å². The first kappa shape index (κ1) is 11.5. The SMILES string of the molecule is CCN(CC)C(=O)c1ccc(OC)cn1. The number of methoxy groups -OCH3 is 1. The van der Waals surface area contributed by atoms with Crippen molar-refractivity contribution in [3.63, 3.8) is 0 Å². The van der Waals surface area contributed by atoms with Crippen LogP contribution in [-0.4, -0.2) is 36.0 Å². The van der Waals surface area contributed by atoms with Gasteiger partial charge in [-0.3, -0.25) is 4.79 Å². The highest BCUT2D eigenvalue weighted by Crippen LogP contribution is 2.09. The topological polar surface area (TPSA) is 42.4 Å². The zero-order valence-corrected chi connectivity index (χ0v) is 9.36. The van der Waals surface area contributed by atoms with Crippen molar-refractivity contribution >= 4 is 5.91 Å². The number of hydrogen-bond donors (Lipinski definition) is 0. The predicted octanol–water partition coefficient (Wildman–Crippen LogP) is 1.57. The minimum absolute atomic E-state index is 0.0392. The highest BCUT2D eigenvalue weighted by molar-refractivity contribution is 5.92. The minimum Gasteiger partial charge on any atom is -0.495 e. The summed E-state index contributed by atoms with van der Waals surface area (Å²) in [5.41, 5.74) is 0.458. The summed E-state index contributed by atoms with van der Waals surface area (Å²) < 4.78 is 4.97. The molecule has 0 spiro atoms. The largest absolute Gasteiger partial charge is 0.495 e. The van der Waals surface area contributed by atoms with E-state index in [0.717, 1.165) is 0 Å². The van der Waals surface area contributed by atoms with Crippen molar-refractivity contribution in [3.8, 4) is 5.75 Å². The van der Waals surface area contributed by atoms with Gasteiger partial charge in [0.1, 0.15) is 11.4 Å². The first-order valence-corrected chi connectivity index (χ1v) is 5.02. The van der Waals surface area contributed by atoms with Crippen molar-refractivity contribution in [1.82, 2.24) is 9.88 Å². The summed E-state index contributed by atoms with van der Waals surface area (Å²) >= 11 is 0. The monoisotopic (exact) mass is 208 g/mol. The molecule has 0 aliphatic rings. The van der Waals surface area contributed by atoms with E-state index in [4.69, 9.17) is 4.74 Å². The van der Waals surface area contributed by atoms with Gasteiger partial charge in [0, 0.05) is 13.1 Å². The summed E-state index contributed by atoms with van der Waals surface area (Å²) in [6, 6.07) is 3.42. The zero-order valence-electron chi connectivity index (χ0n) is 9.36. The molecule has 1 aromatic rings. The number of rotatable bonds is 4. The quantitative estimate of drug-likeness (QED) is 0.754. The summed E-state index contributed by atoms with van der Waals surface area (Å²) in [5.74, 6) is 0.619. The number of amides is 1. The molecule has 0 saturated carbocycles. The van der Waals surface area contributed by atoms with Crippen LogP contribution in [0.1, 0.15) is 24.3 Å². The molecule has 0 unspecified atom stereocenters. The molecular formula is C11H16N2O2. The highest BCUT2D eigenvalue weighted by atomic mass is 16.5. The lowest BCUT2D eigenvalue weighted by atomic mass is 10.3. The second-order valence-corrected chi connectivity index (χ2v) is 3.06. The lowest BCUT2D eigenvalue weighted by molar-refractivity contribution is 0.0767. The van der Waals surface area contributed by atoms with Gasteiger partial charge in [-0.05, 0) is 26.0 Å². The number of ether oxygens (including phenoxy) is 1. The second-order valence-electron chi connectivity index (χ2n) is 3.06. The molecule has 0 aliphatic heterocycles. The molecule has 0 atom stereocenters. The van der Waals surface area contributed by atoms with Crippen molar-refractivity contribution in [2.45, 2.75) is 13.8 Å². The fourth-order valence-corrected chi connectivity index (χ4v) is 1.30. The molecule has 1 aromatic heterocycles. The van der Waals surface area contributed by atoms with Crippen LogP contribution in [0.2, 0.25) is 0 Å². The van der Waals surface area contributed by atoms with Gasteiger partial charge in [0.2, 0.25) is 0 Å². The van der Waals surface area contributed by atoms with E-state index < -0.39 is 0 Å². The third-order valence-electron chi connectivity index (χ3n) is 2.24. The Hall–Kier alpha value is -1.58. The molecule has 82 valence electrons. The lowest BCUT2D eigenvalue weighted by Crippen LogP contribution is -2.31. The van der Waals surface area contributed by atoms with Crippen LogP contribution in [0.5, 0.6) is 5.75 Å². The maximum atomic E-state index is 11.8. The molecule has 1 amide bonds. The summed E-state index contributed by atoms with van der Waals surface area (Å²) in [7, 11) is 1.57. The number of carbonyl (C=O) groups is 1. The van der Waals surface area contributed by atoms with Gasteiger partial charge in [-0.1, -0.05) is 0 Å². The fraction of sp³-hybridized carbons (Fsp3) is 0.455. The van der Waals surface area contributed by atoms with E-state index in [0.29, 0.717) is 24.5 Å². The average Bonchev–Trinajstić information content (AvgIpc) is 2.30. The molecule has 1 heterocycles. The average molecular weight is 208 g/mol. The molecule has 15 heavy (non-hydrogen) atoms. The number of pyridine rings is 1. The Morgan fingerprint density at radius 3 is 2.47 bits per heavy atom. The van der Waals surface area contributed by atoms with Crippen LogP contribution in [0.15, 0.2) is 18.3 Å². The number of hydrogen-bond acceptors (Lipinski definition) is 3. The zero-order chi connectivity index (χ0) is 11.3. The van der Waals surface area contributed by atoms with E-state index in [2.05, 4.69) is 4.98 Å². The molecule has 0 bridgehead atoms. The first-order chi connectivity index (χ1) is 7.22. The molecule has 4 heteroatoms. The highest BCUT2D eigenvalue weighted by Gasteiger charge is 2.13. The minimum atomic E-state index is -0.0392. The van der Waals surface area contributed by atoms with Crippen molar-refractivity contribution in [1.29, 1.82) is 0 Å². The summed E-state index contributed by atoms with van der Waals surface area (Å²) in [6.45, 7) is 5.29. The Bertz CT molecular complexity index is 318. The maximum Gasteiger partial charge on any atom is 0.272 e. The third-order valence-corrected chi connectivity index (χ3v) is 2.24. The van der Waals surface area contributed by atoms with E-state index in [1.54, 1.807) is 30.3 Å². The Balaban J connectivity index is 2.82. The van der Waals surface area contributed by atoms with E-state index in [9.17, 15) is 4.79 Å². The van der Waals surface area contributed by atoms with Gasteiger partial charge in [0.05, 0.1) is 13.3 Å². The molecule has 0 saturated heterocycles. The number of aromatic nitrogens is 1. The van der Waals surface area contributed by atoms with E-state index in [1.807, 2.05) is 13.8 Å². The summed E-state index contributed by atoms with van der Waals surface area (Å²) in [5, 5.41) is 0. The van der Waals surface area contributed by atoms with Crippen molar-refractivity contribution in [2.75, 3.05) is 20.2 Å². The van der Waals surface area contributed by atoms with Crippen LogP contribution in [0.25, 0.3) is 0 Å². The van der Waals surface area contributed by atoms with Crippen molar-refractivity contribution < 1.29 is 9.53 Å². The number of carbonyl (C=O) groups excluding carboxylic acids is 1. The first-order valence-electron chi connectivity index (χ1n) is 5.02. The lowest BCUT2D eigenvalue weighted by Gasteiger charge is -2.17. The molecular weight excluding hydrogens is 192 g/mol. The molecule has 0 aromatic carbocycles. The van der Waals surface area contributed by atoms with E-state index in [1.165, 1.54) is 0 Å². The molecule has 0 aliphatic carbocycles. The summed E-state index contributed by atoms with van der Waals surface area (Å²) in [4.78, 5) is 17.6. The van der Waals surface area contributed by atoms with Crippen LogP contribution in [0.3, 0.4) is 0 Å². The molecule has 1 rings (SSSR count). The van der Waals surface area contributed by atoms with Crippen LogP contribution in [0, 0.1) is 0 Å². The Kier molecular flexibility index (Phi) is 4.09. The van der Waals surface area contributed by atoms with Crippen molar-refractivity contribution in [3.05, 3.63) is 24.0 Å². The third kappa shape index (κ3) is 2.68. The number of nitrogens with zero attached hydrogens (tertiary/aromatic N) is 2. The van der Waals surface area contributed by atoms with Gasteiger partial charge in [-0.15, -0.1) is 0 Å². The van der Waals surface area contributed by atoms with Crippen LogP contribution in [0.4, 0.5) is 0 Å². The van der Waals surface area contributed by atoms with E-state index >= 15 is 0 Å². The molecule has 4 nitrogen and oxygen atoms in total. The van der Waals surface area contributed by atoms with Gasteiger partial charge >= 0.3 is 0 Å². The smallest absolute Gasteiger partial charge is 0.272 e. The van der Waals surface area contributed by atoms with Gasteiger partial charge < -0.3 is 9.64 Å². The standard InChI is InChI=1S/C11H16N2O2/c1-4-13(5-2)11(14)10-7-6-9(15-3)8-12-10/h6-8H,4-5H2,1-3H3. The maximum absolute atomic E-state index is 11.8.